The first-order valence-corrected chi connectivity index (χ1v) is 12.5. The lowest BCUT2D eigenvalue weighted by atomic mass is 10.2. The molecule has 1 N–H and O–H groups in total. The van der Waals surface area contributed by atoms with Gasteiger partial charge in [-0.05, 0) is 89.8 Å². The number of thioether (sulfide) groups is 1. The summed E-state index contributed by atoms with van der Waals surface area (Å²) in [5.41, 5.74) is 3.54. The van der Waals surface area contributed by atoms with Crippen molar-refractivity contribution in [1.29, 1.82) is 0 Å². The van der Waals surface area contributed by atoms with E-state index < -0.39 is 17.8 Å². The van der Waals surface area contributed by atoms with E-state index in [9.17, 15) is 14.4 Å². The number of carbonyl (C=O) groups is 3. The maximum Gasteiger partial charge on any atom is 0.344 e. The molecular formula is C23H21IN2O7S2. The van der Waals surface area contributed by atoms with Crippen LogP contribution in [-0.4, -0.2) is 54.5 Å². The number of benzene rings is 2. The van der Waals surface area contributed by atoms with Gasteiger partial charge in [0.05, 0.1) is 29.3 Å². The number of ether oxygens (including phenoxy) is 4. The van der Waals surface area contributed by atoms with E-state index in [0.717, 1.165) is 16.8 Å². The number of thiocarbonyl (C=S) groups is 1. The van der Waals surface area contributed by atoms with Crippen LogP contribution in [0.1, 0.15) is 22.8 Å². The third-order valence-corrected chi connectivity index (χ3v) is 6.65. The maximum absolute atomic E-state index is 12.9. The Morgan fingerprint density at radius 3 is 2.51 bits per heavy atom. The predicted octanol–water partition coefficient (Wildman–Crippen LogP) is 3.80. The number of amides is 2. The zero-order chi connectivity index (χ0) is 25.5. The third kappa shape index (κ3) is 6.64. The molecule has 0 aromatic heterocycles. The van der Waals surface area contributed by atoms with Crippen molar-refractivity contribution in [2.45, 2.75) is 6.92 Å². The summed E-state index contributed by atoms with van der Waals surface area (Å²) >= 11 is 8.41. The number of halogens is 1. The second-order valence-corrected chi connectivity index (χ2v) is 9.65. The lowest BCUT2D eigenvalue weighted by Gasteiger charge is -2.15. The molecule has 1 heterocycles. The van der Waals surface area contributed by atoms with Crippen molar-refractivity contribution in [3.05, 3.63) is 56.0 Å². The van der Waals surface area contributed by atoms with E-state index in [-0.39, 0.29) is 17.5 Å². The van der Waals surface area contributed by atoms with Crippen molar-refractivity contribution >= 4 is 74.8 Å². The zero-order valence-electron chi connectivity index (χ0n) is 19.0. The molecule has 1 aliphatic heterocycles. The van der Waals surface area contributed by atoms with E-state index in [4.69, 9.17) is 31.2 Å². The van der Waals surface area contributed by atoms with Gasteiger partial charge in [-0.3, -0.25) is 15.0 Å². The fourth-order valence-electron chi connectivity index (χ4n) is 2.92. The number of carbonyl (C=O) groups excluding carboxylic acids is 3. The van der Waals surface area contributed by atoms with Crippen LogP contribution >= 0.6 is 46.6 Å². The number of nitrogens with zero attached hydrogens (tertiary/aromatic N) is 1. The van der Waals surface area contributed by atoms with Crippen LogP contribution in [0, 0.1) is 3.57 Å². The van der Waals surface area contributed by atoms with Gasteiger partial charge in [-0.25, -0.2) is 4.79 Å². The molecule has 1 aliphatic rings. The maximum atomic E-state index is 12.9. The van der Waals surface area contributed by atoms with Crippen molar-refractivity contribution in [3.63, 3.8) is 0 Å². The minimum absolute atomic E-state index is 0.194. The number of esters is 1. The number of hydrogen-bond acceptors (Lipinski definition) is 9. The molecule has 35 heavy (non-hydrogen) atoms. The Morgan fingerprint density at radius 1 is 1.17 bits per heavy atom. The van der Waals surface area contributed by atoms with Gasteiger partial charge in [-0.2, -0.15) is 5.01 Å². The van der Waals surface area contributed by atoms with Gasteiger partial charge in [0.25, 0.3) is 11.8 Å². The molecule has 1 saturated heterocycles. The van der Waals surface area contributed by atoms with Crippen LogP contribution in [0.3, 0.4) is 0 Å². The van der Waals surface area contributed by atoms with Crippen molar-refractivity contribution in [2.75, 3.05) is 27.4 Å². The molecule has 0 bridgehead atoms. The summed E-state index contributed by atoms with van der Waals surface area (Å²) in [5, 5.41) is 1.04. The first-order valence-electron chi connectivity index (χ1n) is 10.2. The Kier molecular flexibility index (Phi) is 9.34. The SMILES string of the molecule is CCOC(=O)COc1c(I)cc(/C=C2/SC(=S)N(NC(=O)c3ccc(OC)cc3)C2=O)cc1OC. The Balaban J connectivity index is 1.76. The van der Waals surface area contributed by atoms with Crippen molar-refractivity contribution < 1.29 is 33.3 Å². The fourth-order valence-corrected chi connectivity index (χ4v) is 4.88. The van der Waals surface area contributed by atoms with Crippen molar-refractivity contribution in [1.82, 2.24) is 10.4 Å². The highest BCUT2D eigenvalue weighted by Crippen LogP contribution is 2.37. The van der Waals surface area contributed by atoms with Gasteiger partial charge < -0.3 is 18.9 Å². The first-order chi connectivity index (χ1) is 16.8. The topological polar surface area (TPSA) is 103 Å². The Hall–Kier alpha value is -2.84. The number of methoxy groups -OCH3 is 2. The normalized spacial score (nSPS) is 14.2. The van der Waals surface area contributed by atoms with Gasteiger partial charge in [-0.1, -0.05) is 11.8 Å². The van der Waals surface area contributed by atoms with Gasteiger partial charge >= 0.3 is 5.97 Å². The van der Waals surface area contributed by atoms with Gasteiger partial charge in [0.2, 0.25) is 0 Å². The Labute approximate surface area is 225 Å². The van der Waals surface area contributed by atoms with Crippen LogP contribution in [0.4, 0.5) is 0 Å². The monoisotopic (exact) mass is 628 g/mol. The highest BCUT2D eigenvalue weighted by molar-refractivity contribution is 14.1. The molecule has 0 aliphatic carbocycles. The fraction of sp³-hybridized carbons (Fsp3) is 0.217. The number of nitrogens with one attached hydrogen (secondary N) is 1. The van der Waals surface area contributed by atoms with E-state index in [1.165, 1.54) is 14.2 Å². The van der Waals surface area contributed by atoms with E-state index in [2.05, 4.69) is 28.0 Å². The molecule has 0 atom stereocenters. The Bertz CT molecular complexity index is 1190. The number of rotatable bonds is 9. The smallest absolute Gasteiger partial charge is 0.344 e. The lowest BCUT2D eigenvalue weighted by molar-refractivity contribution is -0.145. The highest BCUT2D eigenvalue weighted by Gasteiger charge is 2.34. The largest absolute Gasteiger partial charge is 0.497 e. The van der Waals surface area contributed by atoms with Crippen LogP contribution in [0.15, 0.2) is 41.3 Å². The number of hydrogen-bond donors (Lipinski definition) is 1. The van der Waals surface area contributed by atoms with Crippen LogP contribution in [0.5, 0.6) is 17.2 Å². The van der Waals surface area contributed by atoms with E-state index >= 15 is 0 Å². The number of hydrazine groups is 1. The predicted molar refractivity (Wildman–Crippen MR) is 143 cm³/mol. The van der Waals surface area contributed by atoms with Crippen LogP contribution in [0.25, 0.3) is 6.08 Å². The quantitative estimate of drug-likeness (QED) is 0.192. The Morgan fingerprint density at radius 2 is 1.89 bits per heavy atom. The summed E-state index contributed by atoms with van der Waals surface area (Å²) < 4.78 is 21.8. The average Bonchev–Trinajstić information content (AvgIpc) is 3.10. The molecule has 12 heteroatoms. The van der Waals surface area contributed by atoms with Crippen LogP contribution in [-0.2, 0) is 14.3 Å². The summed E-state index contributed by atoms with van der Waals surface area (Å²) in [4.78, 5) is 37.5. The average molecular weight is 628 g/mol. The summed E-state index contributed by atoms with van der Waals surface area (Å²) in [7, 11) is 3.00. The minimum Gasteiger partial charge on any atom is -0.497 e. The molecule has 9 nitrogen and oxygen atoms in total. The van der Waals surface area contributed by atoms with Gasteiger partial charge in [0.1, 0.15) is 5.75 Å². The molecule has 3 rings (SSSR count). The molecular weight excluding hydrogens is 607 g/mol. The van der Waals surface area contributed by atoms with Crippen molar-refractivity contribution in [2.24, 2.45) is 0 Å². The molecule has 0 spiro atoms. The lowest BCUT2D eigenvalue weighted by Crippen LogP contribution is -2.44. The summed E-state index contributed by atoms with van der Waals surface area (Å²) in [6.07, 6.45) is 1.64. The summed E-state index contributed by atoms with van der Waals surface area (Å²) in [5.74, 6) is -0.0522. The molecule has 0 unspecified atom stereocenters. The summed E-state index contributed by atoms with van der Waals surface area (Å²) in [6, 6.07) is 9.91. The highest BCUT2D eigenvalue weighted by atomic mass is 127. The standard InChI is InChI=1S/C23H21IN2O7S2/c1-4-32-19(27)12-33-20-16(24)9-13(10-17(20)31-3)11-18-22(29)26(23(34)35-18)25-21(28)14-5-7-15(30-2)8-6-14/h5-11H,4,12H2,1-3H3,(H,25,28)/b18-11+. The molecule has 1 fully saturated rings. The van der Waals surface area contributed by atoms with Crippen LogP contribution < -0.4 is 19.6 Å². The first kappa shape index (κ1) is 26.8. The molecule has 2 aromatic rings. The summed E-state index contributed by atoms with van der Waals surface area (Å²) in [6.45, 7) is 1.71. The van der Waals surface area contributed by atoms with Gasteiger partial charge in [0.15, 0.2) is 22.4 Å². The molecule has 184 valence electrons. The second kappa shape index (κ2) is 12.2. The molecule has 0 saturated carbocycles. The van der Waals surface area contributed by atoms with Crippen LogP contribution in [0.2, 0.25) is 0 Å². The van der Waals surface area contributed by atoms with Gasteiger partial charge in [-0.15, -0.1) is 0 Å². The molecule has 0 radical (unpaired) electrons. The van der Waals surface area contributed by atoms with Gasteiger partial charge in [0, 0.05) is 5.56 Å². The van der Waals surface area contributed by atoms with Crippen molar-refractivity contribution in [3.8, 4) is 17.2 Å². The zero-order valence-corrected chi connectivity index (χ0v) is 22.7. The van der Waals surface area contributed by atoms with E-state index in [0.29, 0.717) is 36.9 Å². The van der Waals surface area contributed by atoms with E-state index in [1.807, 2.05) is 0 Å². The minimum atomic E-state index is -0.491. The second-order valence-electron chi connectivity index (χ2n) is 6.81. The molecule has 2 aromatic carbocycles. The third-order valence-electron chi connectivity index (χ3n) is 4.55. The molecule has 2 amide bonds. The van der Waals surface area contributed by atoms with E-state index in [1.54, 1.807) is 49.4 Å².